The summed E-state index contributed by atoms with van der Waals surface area (Å²) in [6.45, 7) is 12.9. The van der Waals surface area contributed by atoms with Gasteiger partial charge in [-0.2, -0.15) is 0 Å². The molecule has 5 nitrogen and oxygen atoms in total. The highest BCUT2D eigenvalue weighted by Crippen LogP contribution is 1.95. The van der Waals surface area contributed by atoms with E-state index in [-0.39, 0.29) is 5.57 Å². The number of esters is 1. The maximum Gasteiger partial charge on any atom is 0.335 e. The standard InChI is InChI=1S/C7H10O3.C4H7NO/c1-4-6(8)10-7(9)5(2)3;1-3(2)4(5)6/h4,6,8H,1-2H2,3H3;1H2,2H3,(H2,5,6). The van der Waals surface area contributed by atoms with Crippen LogP contribution in [0.2, 0.25) is 0 Å². The van der Waals surface area contributed by atoms with E-state index in [0.29, 0.717) is 5.57 Å². The molecule has 0 aliphatic rings. The van der Waals surface area contributed by atoms with E-state index in [1.54, 1.807) is 6.92 Å². The Hall–Kier alpha value is -1.88. The fourth-order valence-electron chi connectivity index (χ4n) is 0.258. The molecule has 0 aliphatic heterocycles. The van der Waals surface area contributed by atoms with Gasteiger partial charge in [-0.15, -0.1) is 0 Å². The van der Waals surface area contributed by atoms with Crippen molar-refractivity contribution in [3.8, 4) is 0 Å². The van der Waals surface area contributed by atoms with E-state index >= 15 is 0 Å². The summed E-state index contributed by atoms with van der Waals surface area (Å²) < 4.78 is 4.36. The lowest BCUT2D eigenvalue weighted by Gasteiger charge is -2.05. The third-order valence-electron chi connectivity index (χ3n) is 1.20. The van der Waals surface area contributed by atoms with Gasteiger partial charge in [0.2, 0.25) is 12.2 Å². The molecule has 0 aromatic heterocycles. The molecule has 0 spiro atoms. The van der Waals surface area contributed by atoms with Gasteiger partial charge in [0.25, 0.3) is 0 Å². The first-order valence-corrected chi connectivity index (χ1v) is 4.34. The molecule has 1 amide bonds. The third-order valence-corrected chi connectivity index (χ3v) is 1.20. The Morgan fingerprint density at radius 3 is 1.88 bits per heavy atom. The average Bonchev–Trinajstić information content (AvgIpc) is 2.18. The number of hydrogen-bond donors (Lipinski definition) is 2. The van der Waals surface area contributed by atoms with E-state index in [0.717, 1.165) is 6.08 Å². The van der Waals surface area contributed by atoms with Gasteiger partial charge in [-0.05, 0) is 19.9 Å². The molecule has 0 saturated carbocycles. The van der Waals surface area contributed by atoms with Gasteiger partial charge in [-0.3, -0.25) is 4.79 Å². The number of carbonyl (C=O) groups is 2. The van der Waals surface area contributed by atoms with Crippen LogP contribution in [0.1, 0.15) is 13.8 Å². The zero-order valence-corrected chi connectivity index (χ0v) is 9.53. The van der Waals surface area contributed by atoms with E-state index in [9.17, 15) is 9.59 Å². The summed E-state index contributed by atoms with van der Waals surface area (Å²) in [5, 5.41) is 8.68. The van der Waals surface area contributed by atoms with Crippen molar-refractivity contribution in [1.82, 2.24) is 0 Å². The number of primary amides is 1. The second-order valence-electron chi connectivity index (χ2n) is 2.96. The molecule has 0 fully saturated rings. The summed E-state index contributed by atoms with van der Waals surface area (Å²) in [7, 11) is 0. The summed E-state index contributed by atoms with van der Waals surface area (Å²) in [6, 6.07) is 0. The molecule has 3 N–H and O–H groups in total. The zero-order valence-electron chi connectivity index (χ0n) is 9.53. The Kier molecular flexibility index (Phi) is 8.72. The van der Waals surface area contributed by atoms with Gasteiger partial charge >= 0.3 is 5.97 Å². The highest BCUT2D eigenvalue weighted by Gasteiger charge is 2.06. The molecule has 16 heavy (non-hydrogen) atoms. The Morgan fingerprint density at radius 1 is 1.31 bits per heavy atom. The molecule has 90 valence electrons. The van der Waals surface area contributed by atoms with Crippen molar-refractivity contribution in [2.24, 2.45) is 5.73 Å². The molecule has 0 radical (unpaired) electrons. The lowest BCUT2D eigenvalue weighted by atomic mass is 10.3. The van der Waals surface area contributed by atoms with Crippen molar-refractivity contribution in [3.05, 3.63) is 37.0 Å². The highest BCUT2D eigenvalue weighted by atomic mass is 16.6. The molecule has 0 aromatic carbocycles. The largest absolute Gasteiger partial charge is 0.429 e. The highest BCUT2D eigenvalue weighted by molar-refractivity contribution is 5.90. The summed E-state index contributed by atoms with van der Waals surface area (Å²) in [5.74, 6) is -1.05. The second-order valence-corrected chi connectivity index (χ2v) is 2.96. The molecule has 0 aliphatic carbocycles. The molecule has 1 atom stereocenters. The minimum atomic E-state index is -1.23. The number of ether oxygens (including phenoxy) is 1. The smallest absolute Gasteiger partial charge is 0.335 e. The fourth-order valence-corrected chi connectivity index (χ4v) is 0.258. The summed E-state index contributed by atoms with van der Waals surface area (Å²) >= 11 is 0. The monoisotopic (exact) mass is 227 g/mol. The molecule has 0 aromatic rings. The van der Waals surface area contributed by atoms with Crippen molar-refractivity contribution in [2.45, 2.75) is 20.1 Å². The second kappa shape index (κ2) is 8.43. The lowest BCUT2D eigenvalue weighted by Crippen LogP contribution is -2.14. The van der Waals surface area contributed by atoms with Crippen molar-refractivity contribution < 1.29 is 19.4 Å². The van der Waals surface area contributed by atoms with Crippen LogP contribution in [0.15, 0.2) is 37.0 Å². The number of carbonyl (C=O) groups excluding carboxylic acids is 2. The zero-order chi connectivity index (χ0) is 13.3. The van der Waals surface area contributed by atoms with E-state index in [1.807, 2.05) is 0 Å². The van der Waals surface area contributed by atoms with Crippen LogP contribution >= 0.6 is 0 Å². The topological polar surface area (TPSA) is 89.6 Å². The Balaban J connectivity index is 0. The van der Waals surface area contributed by atoms with Gasteiger partial charge < -0.3 is 15.6 Å². The molecule has 0 rings (SSSR count). The van der Waals surface area contributed by atoms with Crippen LogP contribution in [0.5, 0.6) is 0 Å². The summed E-state index contributed by atoms with van der Waals surface area (Å²) in [5.41, 5.74) is 5.35. The predicted molar refractivity (Wildman–Crippen MR) is 61.1 cm³/mol. The number of aliphatic hydroxyl groups excluding tert-OH is 1. The van der Waals surface area contributed by atoms with Crippen molar-refractivity contribution in [1.29, 1.82) is 0 Å². The van der Waals surface area contributed by atoms with Crippen LogP contribution in [0.3, 0.4) is 0 Å². The first-order chi connectivity index (χ1) is 7.22. The molecular weight excluding hydrogens is 210 g/mol. The van der Waals surface area contributed by atoms with Crippen LogP contribution in [-0.2, 0) is 14.3 Å². The van der Waals surface area contributed by atoms with Gasteiger partial charge in [0, 0.05) is 11.1 Å². The number of hydrogen-bond acceptors (Lipinski definition) is 4. The Morgan fingerprint density at radius 2 is 1.69 bits per heavy atom. The molecule has 5 heteroatoms. The van der Waals surface area contributed by atoms with Gasteiger partial charge in [0.1, 0.15) is 0 Å². The Bertz CT molecular complexity index is 295. The summed E-state index contributed by atoms with van der Waals surface area (Å²) in [6.07, 6.45) is -0.120. The van der Waals surface area contributed by atoms with E-state index in [2.05, 4.69) is 24.5 Å². The summed E-state index contributed by atoms with van der Waals surface area (Å²) in [4.78, 5) is 20.4. The molecule has 1 unspecified atom stereocenters. The number of nitrogens with two attached hydrogens (primary N) is 1. The van der Waals surface area contributed by atoms with Crippen LogP contribution in [0.25, 0.3) is 0 Å². The maximum absolute atomic E-state index is 10.6. The Labute approximate surface area is 94.9 Å². The minimum Gasteiger partial charge on any atom is -0.429 e. The third kappa shape index (κ3) is 10.2. The quantitative estimate of drug-likeness (QED) is 0.319. The molecular formula is C11H17NO4. The maximum atomic E-state index is 10.6. The van der Waals surface area contributed by atoms with Crippen molar-refractivity contribution >= 4 is 11.9 Å². The minimum absolute atomic E-state index is 0.251. The molecule has 0 saturated heterocycles. The SMILES string of the molecule is C=C(C)C(N)=O.C=CC(O)OC(=O)C(=C)C. The first-order valence-electron chi connectivity index (χ1n) is 4.34. The van der Waals surface area contributed by atoms with Gasteiger partial charge in [0.05, 0.1) is 0 Å². The average molecular weight is 227 g/mol. The predicted octanol–water partition coefficient (Wildman–Crippen LogP) is 0.658. The first kappa shape index (κ1) is 16.5. The molecule has 0 bridgehead atoms. The van der Waals surface area contributed by atoms with Crippen LogP contribution in [-0.4, -0.2) is 23.3 Å². The van der Waals surface area contributed by atoms with E-state index in [1.165, 1.54) is 6.92 Å². The van der Waals surface area contributed by atoms with Crippen LogP contribution in [0.4, 0.5) is 0 Å². The van der Waals surface area contributed by atoms with Crippen molar-refractivity contribution in [2.75, 3.05) is 0 Å². The number of aliphatic hydroxyl groups is 1. The van der Waals surface area contributed by atoms with Gasteiger partial charge in [-0.1, -0.05) is 19.7 Å². The van der Waals surface area contributed by atoms with Crippen LogP contribution in [0, 0.1) is 0 Å². The number of rotatable bonds is 4. The lowest BCUT2D eigenvalue weighted by molar-refractivity contribution is -0.155. The number of amides is 1. The van der Waals surface area contributed by atoms with Gasteiger partial charge in [-0.25, -0.2) is 4.79 Å². The fraction of sp³-hybridized carbons (Fsp3) is 0.273. The van der Waals surface area contributed by atoms with Gasteiger partial charge in [0.15, 0.2) is 0 Å². The normalized spacial score (nSPS) is 10.2. The van der Waals surface area contributed by atoms with E-state index < -0.39 is 18.2 Å². The van der Waals surface area contributed by atoms with E-state index in [4.69, 9.17) is 10.8 Å². The van der Waals surface area contributed by atoms with Crippen LogP contribution < -0.4 is 5.73 Å². The molecule has 0 heterocycles. The van der Waals surface area contributed by atoms with Crippen molar-refractivity contribution in [3.63, 3.8) is 0 Å².